The largest absolute Gasteiger partial charge is 0.394 e. The van der Waals surface area contributed by atoms with E-state index in [1.54, 1.807) is 0 Å². The second-order valence-electron chi connectivity index (χ2n) is 5.58. The Balaban J connectivity index is 0.000000690. The van der Waals surface area contributed by atoms with Gasteiger partial charge in [-0.15, -0.1) is 0 Å². The summed E-state index contributed by atoms with van der Waals surface area (Å²) in [6.45, 7) is 1.08. The minimum Gasteiger partial charge on any atom is -0.313 e. The number of nitrogens with one attached hydrogen (secondary N) is 1. The van der Waals surface area contributed by atoms with E-state index in [4.69, 9.17) is 17.5 Å². The monoisotopic (exact) mass is 341 g/mol. The summed E-state index contributed by atoms with van der Waals surface area (Å²) in [7, 11) is -4.67. The Morgan fingerprint density at radius 1 is 0.857 bits per heavy atom. The second kappa shape index (κ2) is 13.8. The first-order valence-corrected chi connectivity index (χ1v) is 10.0. The average molecular weight is 342 g/mol. The summed E-state index contributed by atoms with van der Waals surface area (Å²) < 4.78 is 31.6. The van der Waals surface area contributed by atoms with E-state index in [0.717, 1.165) is 18.3 Å². The zero-order chi connectivity index (χ0) is 16.0. The molecule has 0 spiro atoms. The van der Waals surface area contributed by atoms with Crippen LogP contribution in [0.25, 0.3) is 0 Å². The van der Waals surface area contributed by atoms with E-state index in [-0.39, 0.29) is 0 Å². The molecule has 0 unspecified atom stereocenters. The highest BCUT2D eigenvalue weighted by molar-refractivity contribution is 7.80. The molecule has 128 valence electrons. The zero-order valence-corrected chi connectivity index (χ0v) is 14.5. The van der Waals surface area contributed by atoms with Crippen molar-refractivity contribution in [3.8, 4) is 0 Å². The molecule has 1 fully saturated rings. The molecule has 3 N–H and O–H groups in total. The number of hydrogen-bond acceptors (Lipinski definition) is 4. The van der Waals surface area contributed by atoms with Crippen LogP contribution in [0.5, 0.6) is 0 Å². The Morgan fingerprint density at radius 2 is 1.19 bits per heavy atom. The Bertz CT molecular complexity index is 303. The Labute approximate surface area is 135 Å². The zero-order valence-electron chi connectivity index (χ0n) is 12.8. The molecule has 0 aromatic heterocycles. The van der Waals surface area contributed by atoms with E-state index >= 15 is 0 Å². The molecular weight excluding hydrogens is 310 g/mol. The van der Waals surface area contributed by atoms with Crippen molar-refractivity contribution in [2.45, 2.75) is 76.7 Å². The van der Waals surface area contributed by atoms with Crippen molar-refractivity contribution in [1.82, 2.24) is 5.32 Å². The average Bonchev–Trinajstić information content (AvgIpc) is 2.36. The summed E-state index contributed by atoms with van der Waals surface area (Å²) in [6.07, 6.45) is 15.8. The highest BCUT2D eigenvalue weighted by Gasteiger charge is 2.07. The molecule has 7 heteroatoms. The van der Waals surface area contributed by atoms with Crippen LogP contribution >= 0.6 is 12.6 Å². The fourth-order valence-corrected chi connectivity index (χ4v) is 2.77. The first kappa shape index (κ1) is 21.2. The lowest BCUT2D eigenvalue weighted by atomic mass is 9.98. The van der Waals surface area contributed by atoms with Crippen molar-refractivity contribution < 1.29 is 17.5 Å². The first-order valence-electron chi connectivity index (χ1n) is 7.97. The molecule has 0 saturated heterocycles. The fraction of sp³-hybridized carbons (Fsp3) is 1.00. The van der Waals surface area contributed by atoms with Crippen LogP contribution in [-0.2, 0) is 10.4 Å². The van der Waals surface area contributed by atoms with Gasteiger partial charge < -0.3 is 5.32 Å². The highest BCUT2D eigenvalue weighted by Crippen LogP contribution is 2.16. The van der Waals surface area contributed by atoms with Gasteiger partial charge in [-0.2, -0.15) is 21.0 Å². The summed E-state index contributed by atoms with van der Waals surface area (Å²) in [4.78, 5) is 0. The molecule has 0 radical (unpaired) electrons. The van der Waals surface area contributed by atoms with E-state index in [1.165, 1.54) is 70.6 Å². The number of thiol groups is 1. The fourth-order valence-electron chi connectivity index (χ4n) is 2.64. The van der Waals surface area contributed by atoms with E-state index in [9.17, 15) is 0 Å². The predicted octanol–water partition coefficient (Wildman–Crippen LogP) is 3.53. The second-order valence-corrected chi connectivity index (χ2v) is 6.92. The van der Waals surface area contributed by atoms with Gasteiger partial charge >= 0.3 is 10.4 Å². The van der Waals surface area contributed by atoms with Crippen molar-refractivity contribution in [3.63, 3.8) is 0 Å². The van der Waals surface area contributed by atoms with Crippen LogP contribution in [-0.4, -0.2) is 35.9 Å². The lowest BCUT2D eigenvalue weighted by Crippen LogP contribution is -2.30. The summed E-state index contributed by atoms with van der Waals surface area (Å²) in [5, 5.41) is 3.65. The standard InChI is InChI=1S/C14H29NS.H2O4S/c16-13-12-15-14-10-8-6-4-2-1-3-5-7-9-11-14;1-5(2,3)4/h14-16H,1-13H2;(H2,1,2,3,4). The molecule has 0 bridgehead atoms. The van der Waals surface area contributed by atoms with Gasteiger partial charge in [0.05, 0.1) is 0 Å². The van der Waals surface area contributed by atoms with Gasteiger partial charge in [-0.3, -0.25) is 9.11 Å². The van der Waals surface area contributed by atoms with Gasteiger partial charge in [0.1, 0.15) is 0 Å². The molecule has 0 aromatic rings. The van der Waals surface area contributed by atoms with Crippen molar-refractivity contribution in [2.75, 3.05) is 12.3 Å². The summed E-state index contributed by atoms with van der Waals surface area (Å²) >= 11 is 4.28. The molecule has 1 rings (SSSR count). The minimum atomic E-state index is -4.67. The van der Waals surface area contributed by atoms with Crippen molar-refractivity contribution in [3.05, 3.63) is 0 Å². The van der Waals surface area contributed by atoms with Crippen LogP contribution in [0.2, 0.25) is 0 Å². The SMILES string of the molecule is O=S(=O)(O)O.SCCNC1CCCCCCCCCCC1. The van der Waals surface area contributed by atoms with Crippen LogP contribution in [0.1, 0.15) is 70.6 Å². The third kappa shape index (κ3) is 20.2. The molecule has 5 nitrogen and oxygen atoms in total. The van der Waals surface area contributed by atoms with Gasteiger partial charge in [0.25, 0.3) is 0 Å². The smallest absolute Gasteiger partial charge is 0.313 e. The van der Waals surface area contributed by atoms with Gasteiger partial charge in [0, 0.05) is 18.3 Å². The van der Waals surface area contributed by atoms with Crippen LogP contribution in [0.4, 0.5) is 0 Å². The molecule has 21 heavy (non-hydrogen) atoms. The summed E-state index contributed by atoms with van der Waals surface area (Å²) in [5.41, 5.74) is 0. The minimum absolute atomic E-state index is 0.770. The summed E-state index contributed by atoms with van der Waals surface area (Å²) in [6, 6.07) is 0.770. The van der Waals surface area contributed by atoms with Crippen molar-refractivity contribution in [2.24, 2.45) is 0 Å². The molecule has 1 saturated carbocycles. The molecule has 1 aliphatic rings. The molecule has 0 atom stereocenters. The molecular formula is C14H31NO4S2. The van der Waals surface area contributed by atoms with Crippen LogP contribution in [0.3, 0.4) is 0 Å². The third-order valence-corrected chi connectivity index (χ3v) is 3.87. The Hall–Kier alpha value is 0.180. The Morgan fingerprint density at radius 3 is 1.52 bits per heavy atom. The van der Waals surface area contributed by atoms with E-state index in [0.29, 0.717) is 0 Å². The summed E-state index contributed by atoms with van der Waals surface area (Å²) in [5.74, 6) is 0.969. The third-order valence-electron chi connectivity index (χ3n) is 3.65. The van der Waals surface area contributed by atoms with Crippen LogP contribution < -0.4 is 5.32 Å². The van der Waals surface area contributed by atoms with Gasteiger partial charge in [0.15, 0.2) is 0 Å². The maximum absolute atomic E-state index is 8.74. The van der Waals surface area contributed by atoms with E-state index in [2.05, 4.69) is 17.9 Å². The molecule has 0 aliphatic heterocycles. The van der Waals surface area contributed by atoms with Gasteiger partial charge in [0.2, 0.25) is 0 Å². The van der Waals surface area contributed by atoms with Gasteiger partial charge in [-0.1, -0.05) is 57.8 Å². The topological polar surface area (TPSA) is 86.6 Å². The first-order chi connectivity index (χ1) is 9.93. The normalized spacial score (nSPS) is 19.8. The maximum atomic E-state index is 8.74. The van der Waals surface area contributed by atoms with Gasteiger partial charge in [-0.05, 0) is 12.8 Å². The Kier molecular flexibility index (Phi) is 13.9. The molecule has 0 aromatic carbocycles. The van der Waals surface area contributed by atoms with Crippen molar-refractivity contribution >= 4 is 23.0 Å². The number of hydrogen-bond donors (Lipinski definition) is 4. The van der Waals surface area contributed by atoms with Gasteiger partial charge in [-0.25, -0.2) is 0 Å². The maximum Gasteiger partial charge on any atom is 0.394 e. The molecule has 0 amide bonds. The quantitative estimate of drug-likeness (QED) is 0.466. The van der Waals surface area contributed by atoms with Crippen molar-refractivity contribution in [1.29, 1.82) is 0 Å². The lowest BCUT2D eigenvalue weighted by molar-refractivity contribution is 0.381. The number of rotatable bonds is 3. The van der Waals surface area contributed by atoms with Crippen LogP contribution in [0.15, 0.2) is 0 Å². The van der Waals surface area contributed by atoms with Crippen LogP contribution in [0, 0.1) is 0 Å². The van der Waals surface area contributed by atoms with E-state index in [1.807, 2.05) is 0 Å². The van der Waals surface area contributed by atoms with E-state index < -0.39 is 10.4 Å². The predicted molar refractivity (Wildman–Crippen MR) is 90.6 cm³/mol. The highest BCUT2D eigenvalue weighted by atomic mass is 32.3. The molecule has 0 heterocycles. The molecule has 1 aliphatic carbocycles. The lowest BCUT2D eigenvalue weighted by Gasteiger charge is -2.19.